The highest BCUT2D eigenvalue weighted by Crippen LogP contribution is 2.23. The summed E-state index contributed by atoms with van der Waals surface area (Å²) in [7, 11) is 1.34. The molecule has 17 heavy (non-hydrogen) atoms. The van der Waals surface area contributed by atoms with E-state index in [0.717, 1.165) is 22.8 Å². The summed E-state index contributed by atoms with van der Waals surface area (Å²) in [4.78, 5) is 22.1. The highest BCUT2D eigenvalue weighted by molar-refractivity contribution is 6.02. The van der Waals surface area contributed by atoms with Crippen LogP contribution in [0.4, 0.5) is 13.2 Å². The van der Waals surface area contributed by atoms with Crippen LogP contribution in [0.3, 0.4) is 0 Å². The lowest BCUT2D eigenvalue weighted by Crippen LogP contribution is -2.22. The van der Waals surface area contributed by atoms with Crippen LogP contribution in [0, 0.1) is 0 Å². The number of fused-ring (bicyclic) bond motifs is 1. The van der Waals surface area contributed by atoms with Gasteiger partial charge in [-0.2, -0.15) is 13.2 Å². The van der Waals surface area contributed by atoms with E-state index < -0.39 is 23.3 Å². The molecule has 0 saturated heterocycles. The summed E-state index contributed by atoms with van der Waals surface area (Å²) in [5.74, 6) is -2.65. The summed E-state index contributed by atoms with van der Waals surface area (Å²) in [5, 5.41) is 0. The van der Waals surface area contributed by atoms with E-state index in [0.29, 0.717) is 0 Å². The maximum atomic E-state index is 12.2. The number of Topliss-reactive ketones (excluding diaryl/α,β-unsaturated/α-hetero) is 1. The molecule has 0 atom stereocenters. The van der Waals surface area contributed by atoms with E-state index in [4.69, 9.17) is 4.42 Å². The predicted octanol–water partition coefficient (Wildman–Crippen LogP) is 1.88. The Bertz CT molecular complexity index is 651. The average Bonchev–Trinajstić information content (AvgIpc) is 2.52. The van der Waals surface area contributed by atoms with Crippen molar-refractivity contribution >= 4 is 16.9 Å². The van der Waals surface area contributed by atoms with Gasteiger partial charge in [0, 0.05) is 12.6 Å². The Morgan fingerprint density at radius 3 is 2.59 bits per heavy atom. The summed E-state index contributed by atoms with van der Waals surface area (Å²) in [6.45, 7) is 0. The molecule has 1 heterocycles. The number of oxazole rings is 1. The van der Waals surface area contributed by atoms with E-state index in [-0.39, 0.29) is 11.1 Å². The fourth-order valence-corrected chi connectivity index (χ4v) is 1.43. The Hall–Kier alpha value is -2.05. The molecule has 0 aliphatic heterocycles. The molecular weight excluding hydrogens is 239 g/mol. The van der Waals surface area contributed by atoms with E-state index in [2.05, 4.69) is 0 Å². The molecule has 7 heteroatoms. The number of ketones is 1. The third kappa shape index (κ3) is 1.83. The molecule has 1 aromatic heterocycles. The van der Waals surface area contributed by atoms with Crippen molar-refractivity contribution in [2.75, 3.05) is 0 Å². The van der Waals surface area contributed by atoms with Crippen LogP contribution < -0.4 is 5.76 Å². The first kappa shape index (κ1) is 11.4. The molecule has 0 radical (unpaired) electrons. The van der Waals surface area contributed by atoms with Crippen molar-refractivity contribution in [2.45, 2.75) is 6.18 Å². The first-order valence-corrected chi connectivity index (χ1v) is 4.52. The van der Waals surface area contributed by atoms with Crippen LogP contribution in [0.5, 0.6) is 0 Å². The Kier molecular flexibility index (Phi) is 2.34. The molecule has 90 valence electrons. The topological polar surface area (TPSA) is 52.2 Å². The predicted molar refractivity (Wildman–Crippen MR) is 51.8 cm³/mol. The van der Waals surface area contributed by atoms with Crippen LogP contribution in [0.15, 0.2) is 27.4 Å². The van der Waals surface area contributed by atoms with Crippen molar-refractivity contribution in [2.24, 2.45) is 7.05 Å². The highest BCUT2D eigenvalue weighted by Gasteiger charge is 2.39. The molecule has 0 aliphatic rings. The number of aryl methyl sites for hydroxylation is 1. The van der Waals surface area contributed by atoms with E-state index in [1.54, 1.807) is 0 Å². The zero-order valence-electron chi connectivity index (χ0n) is 8.54. The zero-order chi connectivity index (χ0) is 12.8. The first-order valence-electron chi connectivity index (χ1n) is 4.52. The molecule has 4 nitrogen and oxygen atoms in total. The Morgan fingerprint density at radius 1 is 1.35 bits per heavy atom. The van der Waals surface area contributed by atoms with Crippen molar-refractivity contribution in [1.82, 2.24) is 4.57 Å². The lowest BCUT2D eigenvalue weighted by molar-refractivity contribution is -0.0885. The van der Waals surface area contributed by atoms with Gasteiger partial charge >= 0.3 is 11.9 Å². The fraction of sp³-hybridized carbons (Fsp3) is 0.200. The van der Waals surface area contributed by atoms with Crippen LogP contribution in [0.2, 0.25) is 0 Å². The normalized spacial score (nSPS) is 12.0. The van der Waals surface area contributed by atoms with Crippen molar-refractivity contribution in [1.29, 1.82) is 0 Å². The van der Waals surface area contributed by atoms with Gasteiger partial charge in [-0.05, 0) is 18.2 Å². The maximum absolute atomic E-state index is 12.2. The quantitative estimate of drug-likeness (QED) is 0.721. The number of carbonyl (C=O) groups is 1. The molecule has 2 rings (SSSR count). The largest absolute Gasteiger partial charge is 0.454 e. The summed E-state index contributed by atoms with van der Waals surface area (Å²) in [6.07, 6.45) is -4.93. The number of carbonyl (C=O) groups excluding carboxylic acids is 1. The molecule has 0 aliphatic carbocycles. The van der Waals surface area contributed by atoms with E-state index in [9.17, 15) is 22.8 Å². The van der Waals surface area contributed by atoms with Crippen molar-refractivity contribution in [3.63, 3.8) is 0 Å². The van der Waals surface area contributed by atoms with Crippen LogP contribution in [0.1, 0.15) is 10.4 Å². The second-order valence-electron chi connectivity index (χ2n) is 3.44. The lowest BCUT2D eigenvalue weighted by atomic mass is 10.1. The first-order chi connectivity index (χ1) is 7.80. The van der Waals surface area contributed by atoms with Crippen molar-refractivity contribution < 1.29 is 22.4 Å². The molecule has 0 unspecified atom stereocenters. The van der Waals surface area contributed by atoms with Crippen molar-refractivity contribution in [3.05, 3.63) is 34.3 Å². The molecule has 0 N–H and O–H groups in total. The summed E-state index contributed by atoms with van der Waals surface area (Å²) in [6, 6.07) is 3.12. The van der Waals surface area contributed by atoms with Crippen LogP contribution in [-0.4, -0.2) is 16.5 Å². The number of benzene rings is 1. The Balaban J connectivity index is 2.63. The molecule has 0 fully saturated rings. The number of nitrogens with zero attached hydrogens (tertiary/aromatic N) is 1. The second-order valence-corrected chi connectivity index (χ2v) is 3.44. The number of hydrogen-bond donors (Lipinski definition) is 0. The molecule has 1 aromatic carbocycles. The van der Waals surface area contributed by atoms with Crippen LogP contribution >= 0.6 is 0 Å². The smallest absolute Gasteiger partial charge is 0.408 e. The van der Waals surface area contributed by atoms with Crippen LogP contribution in [0.25, 0.3) is 11.1 Å². The Labute approximate surface area is 92.3 Å². The van der Waals surface area contributed by atoms with Crippen molar-refractivity contribution in [3.8, 4) is 0 Å². The summed E-state index contributed by atoms with van der Waals surface area (Å²) >= 11 is 0. The third-order valence-electron chi connectivity index (χ3n) is 2.31. The highest BCUT2D eigenvalue weighted by atomic mass is 19.4. The summed E-state index contributed by atoms with van der Waals surface area (Å²) < 4.78 is 42.4. The fourth-order valence-electron chi connectivity index (χ4n) is 1.43. The van der Waals surface area contributed by atoms with Gasteiger partial charge in [0.05, 0.1) is 5.52 Å². The van der Waals surface area contributed by atoms with Gasteiger partial charge in [0.2, 0.25) is 0 Å². The standard InChI is InChI=1S/C10H6F3NO3/c1-14-6-4-5(8(15)10(11,12)13)2-3-7(6)17-9(14)16/h2-4H,1H3. The molecule has 0 bridgehead atoms. The SMILES string of the molecule is Cn1c(=O)oc2ccc(C(=O)C(F)(F)F)cc21. The van der Waals surface area contributed by atoms with Gasteiger partial charge in [-0.25, -0.2) is 4.79 Å². The van der Waals surface area contributed by atoms with Gasteiger partial charge in [0.25, 0.3) is 5.78 Å². The van der Waals surface area contributed by atoms with Gasteiger partial charge in [-0.3, -0.25) is 9.36 Å². The summed E-state index contributed by atoms with van der Waals surface area (Å²) in [5.41, 5.74) is -0.247. The minimum atomic E-state index is -4.93. The van der Waals surface area contributed by atoms with Crippen LogP contribution in [-0.2, 0) is 7.05 Å². The molecule has 0 amide bonds. The minimum absolute atomic E-state index is 0.135. The van der Waals surface area contributed by atoms with E-state index >= 15 is 0 Å². The minimum Gasteiger partial charge on any atom is -0.408 e. The number of aromatic nitrogens is 1. The number of alkyl halides is 3. The van der Waals surface area contributed by atoms with Gasteiger partial charge in [-0.15, -0.1) is 0 Å². The third-order valence-corrected chi connectivity index (χ3v) is 2.31. The van der Waals surface area contributed by atoms with E-state index in [1.165, 1.54) is 7.05 Å². The van der Waals surface area contributed by atoms with E-state index in [1.807, 2.05) is 0 Å². The second kappa shape index (κ2) is 3.47. The monoisotopic (exact) mass is 245 g/mol. The van der Waals surface area contributed by atoms with Gasteiger partial charge < -0.3 is 4.42 Å². The van der Waals surface area contributed by atoms with Gasteiger partial charge in [-0.1, -0.05) is 0 Å². The zero-order valence-corrected chi connectivity index (χ0v) is 8.54. The average molecular weight is 245 g/mol. The maximum Gasteiger partial charge on any atom is 0.454 e. The number of hydrogen-bond acceptors (Lipinski definition) is 3. The molecule has 0 saturated carbocycles. The Morgan fingerprint density at radius 2 is 2.00 bits per heavy atom. The van der Waals surface area contributed by atoms with Gasteiger partial charge in [0.1, 0.15) is 0 Å². The number of halogens is 3. The number of rotatable bonds is 1. The van der Waals surface area contributed by atoms with Gasteiger partial charge in [0.15, 0.2) is 5.58 Å². The lowest BCUT2D eigenvalue weighted by Gasteiger charge is -2.04. The molecular formula is C10H6F3NO3. The molecule has 2 aromatic rings. The molecule has 0 spiro atoms.